The van der Waals surface area contributed by atoms with E-state index < -0.39 is 40.0 Å². The fourth-order valence-corrected chi connectivity index (χ4v) is 4.26. The van der Waals surface area contributed by atoms with Crippen molar-refractivity contribution in [2.75, 3.05) is 19.7 Å². The minimum Gasteiger partial charge on any atom is -0.493 e. The number of nitrogens with one attached hydrogen (secondary N) is 2. The standard InChI is InChI=1S/C23H28N4O7S/c1-3-6-19(7-4-2)35(32,33)26-20(23(30)31)15-25-22(29)16-12-17-14-18(34-11-5-9-24)8-10-27(17)21(28)13-16/h3-4,6-8,10,12-14,20,26H,1,5,9,11,15,24H2,2H3,(H,25,29)(H,30,31)/p+1/b7-4-,19-6+. The van der Waals surface area contributed by atoms with Crippen LogP contribution >= 0.6 is 0 Å². The van der Waals surface area contributed by atoms with Crippen molar-refractivity contribution >= 4 is 27.4 Å². The maximum atomic E-state index is 12.7. The number of nitrogens with zero attached hydrogens (tertiary/aromatic N) is 1. The number of hydrogen-bond donors (Lipinski definition) is 4. The number of hydrogen-bond acceptors (Lipinski definition) is 6. The number of carboxylic acids is 1. The molecule has 0 aromatic carbocycles. The molecular weight excluding hydrogens is 476 g/mol. The molecule has 11 nitrogen and oxygen atoms in total. The molecular formula is C23H29N4O7S+. The summed E-state index contributed by atoms with van der Waals surface area (Å²) in [4.78, 5) is 36.5. The van der Waals surface area contributed by atoms with E-state index in [0.717, 1.165) is 12.5 Å². The van der Waals surface area contributed by atoms with Crippen LogP contribution in [0.15, 0.2) is 71.0 Å². The Morgan fingerprint density at radius 2 is 2.06 bits per heavy atom. The third kappa shape index (κ3) is 7.64. The number of aliphatic carboxylic acids is 1. The monoisotopic (exact) mass is 505 g/mol. The molecule has 2 heterocycles. The predicted octanol–water partition coefficient (Wildman–Crippen LogP) is 0.0587. The molecule has 0 aliphatic rings. The van der Waals surface area contributed by atoms with Crippen molar-refractivity contribution in [1.82, 2.24) is 14.4 Å². The summed E-state index contributed by atoms with van der Waals surface area (Å²) in [5.74, 6) is -1.72. The van der Waals surface area contributed by atoms with Gasteiger partial charge in [-0.1, -0.05) is 18.7 Å². The zero-order chi connectivity index (χ0) is 26.0. The van der Waals surface area contributed by atoms with Gasteiger partial charge in [0.25, 0.3) is 11.5 Å². The molecule has 0 aliphatic carbocycles. The number of pyridine rings is 2. The van der Waals surface area contributed by atoms with Crippen molar-refractivity contribution in [2.24, 2.45) is 0 Å². The first kappa shape index (κ1) is 27.5. The summed E-state index contributed by atoms with van der Waals surface area (Å²) in [5, 5.41) is 11.8. The summed E-state index contributed by atoms with van der Waals surface area (Å²) < 4.78 is 34.1. The highest BCUT2D eigenvalue weighted by molar-refractivity contribution is 7.93. The number of carbonyl (C=O) groups is 2. The van der Waals surface area contributed by atoms with Gasteiger partial charge in [0.1, 0.15) is 11.8 Å². The van der Waals surface area contributed by atoms with Crippen LogP contribution in [0.3, 0.4) is 0 Å². The van der Waals surface area contributed by atoms with Gasteiger partial charge >= 0.3 is 5.97 Å². The third-order valence-electron chi connectivity index (χ3n) is 4.69. The number of fused-ring (bicyclic) bond motifs is 1. The lowest BCUT2D eigenvalue weighted by atomic mass is 10.2. The van der Waals surface area contributed by atoms with E-state index in [1.165, 1.54) is 41.0 Å². The Morgan fingerprint density at radius 3 is 2.69 bits per heavy atom. The number of amides is 1. The minimum atomic E-state index is -4.20. The molecule has 2 rings (SSSR count). The van der Waals surface area contributed by atoms with Gasteiger partial charge in [-0.3, -0.25) is 18.8 Å². The lowest BCUT2D eigenvalue weighted by molar-refractivity contribution is -0.368. The van der Waals surface area contributed by atoms with Gasteiger partial charge in [-0.25, -0.2) is 8.42 Å². The maximum Gasteiger partial charge on any atom is 0.323 e. The smallest absolute Gasteiger partial charge is 0.323 e. The third-order valence-corrected chi connectivity index (χ3v) is 6.17. The van der Waals surface area contributed by atoms with Crippen molar-refractivity contribution in [2.45, 2.75) is 19.4 Å². The molecule has 1 atom stereocenters. The second-order valence-electron chi connectivity index (χ2n) is 7.32. The van der Waals surface area contributed by atoms with Crippen LogP contribution in [0.5, 0.6) is 5.75 Å². The van der Waals surface area contributed by atoms with Gasteiger partial charge in [-0.2, -0.15) is 4.72 Å². The van der Waals surface area contributed by atoms with Gasteiger partial charge in [0, 0.05) is 36.9 Å². The number of carbonyl (C=O) groups excluding carboxylic acids is 1. The van der Waals surface area contributed by atoms with E-state index in [4.69, 9.17) is 4.74 Å². The Balaban J connectivity index is 2.21. The quantitative estimate of drug-likeness (QED) is 0.220. The number of sulfonamides is 1. The first-order valence-corrected chi connectivity index (χ1v) is 12.2. The molecule has 0 saturated carbocycles. The Morgan fingerprint density at radius 1 is 1.31 bits per heavy atom. The Labute approximate surface area is 202 Å². The second-order valence-corrected chi connectivity index (χ2v) is 9.04. The minimum absolute atomic E-state index is 0.0157. The highest BCUT2D eigenvalue weighted by Gasteiger charge is 2.26. The van der Waals surface area contributed by atoms with E-state index in [1.54, 1.807) is 19.1 Å². The van der Waals surface area contributed by atoms with Gasteiger partial charge in [0.05, 0.1) is 23.6 Å². The molecule has 0 spiro atoms. The summed E-state index contributed by atoms with van der Waals surface area (Å²) in [6.45, 7) is 5.65. The lowest BCUT2D eigenvalue weighted by Crippen LogP contribution is -2.50. The zero-order valence-electron chi connectivity index (χ0n) is 19.3. The summed E-state index contributed by atoms with van der Waals surface area (Å²) in [6, 6.07) is 4.12. The highest BCUT2D eigenvalue weighted by atomic mass is 32.2. The average molecular weight is 506 g/mol. The van der Waals surface area contributed by atoms with Gasteiger partial charge in [-0.15, -0.1) is 0 Å². The average Bonchev–Trinajstić information content (AvgIpc) is 2.81. The number of quaternary nitrogens is 1. The number of rotatable bonds is 13. The molecule has 0 aliphatic heterocycles. The summed E-state index contributed by atoms with van der Waals surface area (Å²) in [5.41, 5.74) is 3.65. The Kier molecular flexibility index (Phi) is 9.94. The number of ether oxygens (including phenoxy) is 1. The van der Waals surface area contributed by atoms with Crippen LogP contribution in [-0.4, -0.2) is 55.5 Å². The Hall–Kier alpha value is -3.74. The van der Waals surface area contributed by atoms with Crippen LogP contribution in [0, 0.1) is 0 Å². The normalized spacial score (nSPS) is 13.0. The lowest BCUT2D eigenvalue weighted by Gasteiger charge is -2.16. The number of carboxylic acid groups (broad SMARTS) is 1. The molecule has 0 radical (unpaired) electrons. The molecule has 0 bridgehead atoms. The SMILES string of the molecule is C=C/C=C(\C=C/C)S(=O)(=O)NC(CNC(=O)c1cc(=O)n2ccc(OCCC[NH3+])cc2c1)C(=O)O. The number of allylic oxidation sites excluding steroid dienone is 4. The van der Waals surface area contributed by atoms with Gasteiger partial charge in [-0.05, 0) is 31.2 Å². The van der Waals surface area contributed by atoms with Gasteiger partial charge < -0.3 is 20.9 Å². The van der Waals surface area contributed by atoms with E-state index in [0.29, 0.717) is 24.4 Å². The molecule has 2 aromatic heterocycles. The van der Waals surface area contributed by atoms with E-state index in [2.05, 4.69) is 17.6 Å². The molecule has 188 valence electrons. The predicted molar refractivity (Wildman–Crippen MR) is 130 cm³/mol. The van der Waals surface area contributed by atoms with Crippen LogP contribution in [0.25, 0.3) is 5.52 Å². The summed E-state index contributed by atoms with van der Waals surface area (Å²) in [7, 11) is -4.20. The molecule has 0 fully saturated rings. The topological polar surface area (TPSA) is 171 Å². The van der Waals surface area contributed by atoms with E-state index in [9.17, 15) is 27.9 Å². The van der Waals surface area contributed by atoms with Crippen molar-refractivity contribution < 1.29 is 33.6 Å². The van der Waals surface area contributed by atoms with Crippen molar-refractivity contribution in [3.05, 3.63) is 82.2 Å². The first-order valence-electron chi connectivity index (χ1n) is 10.7. The largest absolute Gasteiger partial charge is 0.493 e. The molecule has 1 amide bonds. The van der Waals surface area contributed by atoms with E-state index in [-0.39, 0.29) is 10.5 Å². The van der Waals surface area contributed by atoms with Crippen molar-refractivity contribution in [3.63, 3.8) is 0 Å². The molecule has 35 heavy (non-hydrogen) atoms. The Bertz CT molecular complexity index is 1310. The first-order chi connectivity index (χ1) is 16.6. The fraction of sp³-hybridized carbons (Fsp3) is 0.261. The van der Waals surface area contributed by atoms with Crippen LogP contribution in [0.2, 0.25) is 0 Å². The van der Waals surface area contributed by atoms with Crippen molar-refractivity contribution in [3.8, 4) is 5.75 Å². The summed E-state index contributed by atoms with van der Waals surface area (Å²) >= 11 is 0. The second kappa shape index (κ2) is 12.6. The van der Waals surface area contributed by atoms with E-state index in [1.807, 2.05) is 4.72 Å². The maximum absolute atomic E-state index is 12.7. The van der Waals surface area contributed by atoms with Crippen LogP contribution < -0.4 is 26.1 Å². The molecule has 0 saturated heterocycles. The fourth-order valence-electron chi connectivity index (χ4n) is 2.97. The van der Waals surface area contributed by atoms with Crippen LogP contribution in [0.1, 0.15) is 23.7 Å². The summed E-state index contributed by atoms with van der Waals surface area (Å²) in [6.07, 6.45) is 7.49. The van der Waals surface area contributed by atoms with E-state index >= 15 is 0 Å². The molecule has 2 aromatic rings. The highest BCUT2D eigenvalue weighted by Crippen LogP contribution is 2.15. The number of aromatic nitrogens is 1. The van der Waals surface area contributed by atoms with Crippen molar-refractivity contribution in [1.29, 1.82) is 0 Å². The molecule has 6 N–H and O–H groups in total. The molecule has 12 heteroatoms. The van der Waals surface area contributed by atoms with Gasteiger partial charge in [0.2, 0.25) is 10.0 Å². The molecule has 1 unspecified atom stereocenters. The van der Waals surface area contributed by atoms with Crippen LogP contribution in [0.4, 0.5) is 0 Å². The van der Waals surface area contributed by atoms with Crippen LogP contribution in [-0.2, 0) is 14.8 Å². The van der Waals surface area contributed by atoms with Gasteiger partial charge in [0.15, 0.2) is 0 Å². The zero-order valence-corrected chi connectivity index (χ0v) is 20.1.